The zero-order valence-corrected chi connectivity index (χ0v) is 11.7. The lowest BCUT2D eigenvalue weighted by molar-refractivity contribution is -0.145. The first kappa shape index (κ1) is 14.3. The summed E-state index contributed by atoms with van der Waals surface area (Å²) in [4.78, 5) is 11.3. The van der Waals surface area contributed by atoms with Gasteiger partial charge in [0.2, 0.25) is 0 Å². The highest BCUT2D eigenvalue weighted by atomic mass is 35.5. The van der Waals surface area contributed by atoms with Gasteiger partial charge < -0.3 is 9.84 Å². The molecule has 1 aromatic rings. The minimum Gasteiger partial charge on any atom is -0.481 e. The van der Waals surface area contributed by atoms with E-state index in [0.29, 0.717) is 5.02 Å². The number of rotatable bonds is 5. The van der Waals surface area contributed by atoms with Gasteiger partial charge in [-0.2, -0.15) is 0 Å². The Labute approximate surface area is 116 Å². The van der Waals surface area contributed by atoms with Gasteiger partial charge in [-0.15, -0.1) is 0 Å². The average Bonchev–Trinajstić information content (AvgIpc) is 3.07. The SMILES string of the molecule is COC[C@@]1(C(=O)O)C[C@@H]1S(=O)(=O)c1ccc(Cl)cc1. The number of benzene rings is 1. The number of sulfone groups is 1. The third kappa shape index (κ3) is 2.35. The Hall–Kier alpha value is -1.11. The molecule has 5 nitrogen and oxygen atoms in total. The van der Waals surface area contributed by atoms with Crippen molar-refractivity contribution in [3.63, 3.8) is 0 Å². The van der Waals surface area contributed by atoms with E-state index >= 15 is 0 Å². The second kappa shape index (κ2) is 4.77. The van der Waals surface area contributed by atoms with Crippen molar-refractivity contribution in [2.24, 2.45) is 5.41 Å². The molecular weight excluding hydrogens is 292 g/mol. The molecule has 0 bridgehead atoms. The number of carbonyl (C=O) groups is 1. The maximum Gasteiger partial charge on any atom is 0.313 e. The number of hydrogen-bond acceptors (Lipinski definition) is 4. The van der Waals surface area contributed by atoms with Gasteiger partial charge in [0.15, 0.2) is 9.84 Å². The highest BCUT2D eigenvalue weighted by Crippen LogP contribution is 2.53. The van der Waals surface area contributed by atoms with Gasteiger partial charge >= 0.3 is 5.97 Å². The molecule has 0 amide bonds. The van der Waals surface area contributed by atoms with Crippen molar-refractivity contribution in [3.8, 4) is 0 Å². The Bertz CT molecular complexity index is 595. The van der Waals surface area contributed by atoms with Crippen LogP contribution in [0.1, 0.15) is 6.42 Å². The Balaban J connectivity index is 2.33. The number of ether oxygens (including phenoxy) is 1. The summed E-state index contributed by atoms with van der Waals surface area (Å²) in [5.74, 6) is -1.14. The van der Waals surface area contributed by atoms with Crippen LogP contribution in [-0.4, -0.2) is 38.5 Å². The van der Waals surface area contributed by atoms with E-state index in [9.17, 15) is 18.3 Å². The molecule has 0 spiro atoms. The molecule has 1 aliphatic rings. The van der Waals surface area contributed by atoms with Gasteiger partial charge in [-0.25, -0.2) is 8.42 Å². The zero-order chi connectivity index (χ0) is 14.3. The Morgan fingerprint density at radius 2 is 2.05 bits per heavy atom. The van der Waals surface area contributed by atoms with E-state index < -0.39 is 26.5 Å². The van der Waals surface area contributed by atoms with Crippen LogP contribution in [0.4, 0.5) is 0 Å². The first-order chi connectivity index (χ1) is 8.84. The molecule has 0 radical (unpaired) electrons. The number of aliphatic carboxylic acids is 1. The first-order valence-corrected chi connectivity index (χ1v) is 7.49. The summed E-state index contributed by atoms with van der Waals surface area (Å²) in [5, 5.41) is 8.68. The summed E-state index contributed by atoms with van der Waals surface area (Å²) in [7, 11) is -2.32. The third-order valence-electron chi connectivity index (χ3n) is 3.35. The average molecular weight is 305 g/mol. The summed E-state index contributed by atoms with van der Waals surface area (Å²) < 4.78 is 29.5. The first-order valence-electron chi connectivity index (χ1n) is 5.56. The molecule has 0 aromatic heterocycles. The minimum absolute atomic E-state index is 0.0706. The molecule has 1 fully saturated rings. The standard InChI is InChI=1S/C12H13ClO5S/c1-18-7-12(11(14)15)6-10(12)19(16,17)9-4-2-8(13)3-5-9/h2-5,10H,6-7H2,1H3,(H,14,15)/t10-,12-/m0/s1. The van der Waals surface area contributed by atoms with Crippen LogP contribution in [0, 0.1) is 5.41 Å². The molecule has 104 valence electrons. The van der Waals surface area contributed by atoms with Gasteiger partial charge in [0, 0.05) is 12.1 Å². The van der Waals surface area contributed by atoms with Crippen LogP contribution in [-0.2, 0) is 19.4 Å². The van der Waals surface area contributed by atoms with Crippen molar-refractivity contribution < 1.29 is 23.1 Å². The Morgan fingerprint density at radius 3 is 2.53 bits per heavy atom. The number of methoxy groups -OCH3 is 1. The van der Waals surface area contributed by atoms with Crippen LogP contribution in [0.25, 0.3) is 0 Å². The lowest BCUT2D eigenvalue weighted by atomic mass is 10.1. The van der Waals surface area contributed by atoms with Gasteiger partial charge in [-0.1, -0.05) is 11.6 Å². The molecular formula is C12H13ClO5S. The fourth-order valence-corrected chi connectivity index (χ4v) is 4.41. The molecule has 0 aliphatic heterocycles. The molecule has 1 aliphatic carbocycles. The smallest absolute Gasteiger partial charge is 0.313 e. The third-order valence-corrected chi connectivity index (χ3v) is 5.90. The van der Waals surface area contributed by atoms with E-state index in [4.69, 9.17) is 16.3 Å². The molecule has 2 atom stereocenters. The molecule has 2 rings (SSSR count). The Kier molecular flexibility index (Phi) is 3.59. The monoisotopic (exact) mass is 304 g/mol. The number of carboxylic acid groups (broad SMARTS) is 1. The fraction of sp³-hybridized carbons (Fsp3) is 0.417. The molecule has 0 heterocycles. The van der Waals surface area contributed by atoms with Gasteiger partial charge in [-0.3, -0.25) is 4.79 Å². The highest BCUT2D eigenvalue weighted by Gasteiger charge is 2.67. The van der Waals surface area contributed by atoms with Crippen LogP contribution in [0.3, 0.4) is 0 Å². The predicted molar refractivity (Wildman–Crippen MR) is 69.0 cm³/mol. The quantitative estimate of drug-likeness (QED) is 0.893. The maximum absolute atomic E-state index is 12.3. The van der Waals surface area contributed by atoms with E-state index in [1.54, 1.807) is 0 Å². The summed E-state index contributed by atoms with van der Waals surface area (Å²) in [6.45, 7) is -0.111. The number of carboxylic acids is 1. The van der Waals surface area contributed by atoms with Gasteiger partial charge in [0.25, 0.3) is 0 Å². The summed E-state index contributed by atoms with van der Waals surface area (Å²) in [6, 6.07) is 5.70. The normalized spacial score (nSPS) is 26.1. The maximum atomic E-state index is 12.3. The van der Waals surface area contributed by atoms with Gasteiger partial charge in [0.1, 0.15) is 5.41 Å². The van der Waals surface area contributed by atoms with E-state index in [2.05, 4.69) is 0 Å². The van der Waals surface area contributed by atoms with Crippen molar-refractivity contribution in [3.05, 3.63) is 29.3 Å². The molecule has 0 unspecified atom stereocenters. The van der Waals surface area contributed by atoms with Crippen molar-refractivity contribution in [2.45, 2.75) is 16.6 Å². The summed E-state index contributed by atoms with van der Waals surface area (Å²) in [6.07, 6.45) is 0.0706. The van der Waals surface area contributed by atoms with Crippen LogP contribution in [0.15, 0.2) is 29.2 Å². The fourth-order valence-electron chi connectivity index (χ4n) is 2.16. The second-order valence-electron chi connectivity index (χ2n) is 4.59. The number of hydrogen-bond donors (Lipinski definition) is 1. The second-order valence-corrected chi connectivity index (χ2v) is 7.15. The molecule has 7 heteroatoms. The lowest BCUT2D eigenvalue weighted by Gasteiger charge is -2.11. The van der Waals surface area contributed by atoms with Crippen LogP contribution < -0.4 is 0 Å². The summed E-state index contributed by atoms with van der Waals surface area (Å²) >= 11 is 5.70. The molecule has 1 saturated carbocycles. The van der Waals surface area contributed by atoms with Crippen molar-refractivity contribution in [2.75, 3.05) is 13.7 Å². The minimum atomic E-state index is -3.68. The lowest BCUT2D eigenvalue weighted by Crippen LogP contribution is -2.28. The predicted octanol–water partition coefficient (Wildman–Crippen LogP) is 1.60. The van der Waals surface area contributed by atoms with E-state index in [1.165, 1.54) is 31.4 Å². The molecule has 1 N–H and O–H groups in total. The van der Waals surface area contributed by atoms with Crippen molar-refractivity contribution >= 4 is 27.4 Å². The van der Waals surface area contributed by atoms with E-state index in [-0.39, 0.29) is 17.9 Å². The van der Waals surface area contributed by atoms with E-state index in [1.807, 2.05) is 0 Å². The van der Waals surface area contributed by atoms with Crippen LogP contribution in [0.2, 0.25) is 5.02 Å². The van der Waals surface area contributed by atoms with Crippen LogP contribution >= 0.6 is 11.6 Å². The van der Waals surface area contributed by atoms with Crippen molar-refractivity contribution in [1.29, 1.82) is 0 Å². The van der Waals surface area contributed by atoms with Crippen molar-refractivity contribution in [1.82, 2.24) is 0 Å². The van der Waals surface area contributed by atoms with Gasteiger partial charge in [0.05, 0.1) is 16.8 Å². The number of halogens is 1. The zero-order valence-electron chi connectivity index (χ0n) is 10.2. The molecule has 1 aromatic carbocycles. The molecule has 0 saturated heterocycles. The summed E-state index contributed by atoms with van der Waals surface area (Å²) in [5.41, 5.74) is -1.33. The highest BCUT2D eigenvalue weighted by molar-refractivity contribution is 7.92. The van der Waals surface area contributed by atoms with E-state index in [0.717, 1.165) is 0 Å². The topological polar surface area (TPSA) is 80.7 Å². The largest absolute Gasteiger partial charge is 0.481 e. The molecule has 19 heavy (non-hydrogen) atoms. The Morgan fingerprint density at radius 1 is 1.47 bits per heavy atom. The van der Waals surface area contributed by atoms with Crippen LogP contribution in [0.5, 0.6) is 0 Å². The van der Waals surface area contributed by atoms with Gasteiger partial charge in [-0.05, 0) is 30.7 Å².